The number of nitrogens with one attached hydrogen (secondary N) is 1. The SMILES string of the molecule is CC1(O)CCCN(CC(C)(C)C(=O)NN)CC1. The Morgan fingerprint density at radius 2 is 2.12 bits per heavy atom. The second-order valence-electron chi connectivity index (χ2n) is 5.98. The maximum atomic E-state index is 11.6. The maximum absolute atomic E-state index is 11.6. The van der Waals surface area contributed by atoms with Gasteiger partial charge in [0.05, 0.1) is 11.0 Å². The molecule has 1 aliphatic heterocycles. The Morgan fingerprint density at radius 3 is 2.71 bits per heavy atom. The van der Waals surface area contributed by atoms with E-state index in [1.54, 1.807) is 0 Å². The smallest absolute Gasteiger partial charge is 0.240 e. The van der Waals surface area contributed by atoms with Crippen molar-refractivity contribution >= 4 is 5.91 Å². The number of hydrazine groups is 1. The average molecular weight is 243 g/mol. The van der Waals surface area contributed by atoms with Crippen LogP contribution >= 0.6 is 0 Å². The lowest BCUT2D eigenvalue weighted by atomic mass is 9.91. The molecule has 1 heterocycles. The lowest BCUT2D eigenvalue weighted by molar-refractivity contribution is -0.130. The van der Waals surface area contributed by atoms with Crippen molar-refractivity contribution < 1.29 is 9.90 Å². The van der Waals surface area contributed by atoms with Crippen molar-refractivity contribution in [3.05, 3.63) is 0 Å². The summed E-state index contributed by atoms with van der Waals surface area (Å²) in [6.45, 7) is 8.09. The number of carbonyl (C=O) groups excluding carboxylic acids is 1. The lowest BCUT2D eigenvalue weighted by Crippen LogP contribution is -2.47. The molecule has 5 heteroatoms. The lowest BCUT2D eigenvalue weighted by Gasteiger charge is -2.30. The Labute approximate surface area is 103 Å². The van der Waals surface area contributed by atoms with E-state index >= 15 is 0 Å². The Balaban J connectivity index is 2.55. The fraction of sp³-hybridized carbons (Fsp3) is 0.917. The number of nitrogens with two attached hydrogens (primary N) is 1. The molecule has 4 N–H and O–H groups in total. The molecule has 0 saturated carbocycles. The van der Waals surface area contributed by atoms with Crippen molar-refractivity contribution in [1.29, 1.82) is 0 Å². The molecule has 0 bridgehead atoms. The molecule has 100 valence electrons. The largest absolute Gasteiger partial charge is 0.390 e. The van der Waals surface area contributed by atoms with Gasteiger partial charge in [0, 0.05) is 13.1 Å². The molecule has 0 aromatic carbocycles. The van der Waals surface area contributed by atoms with Crippen LogP contribution in [0.25, 0.3) is 0 Å². The van der Waals surface area contributed by atoms with E-state index in [0.717, 1.165) is 32.4 Å². The summed E-state index contributed by atoms with van der Waals surface area (Å²) in [5.41, 5.74) is 1.16. The summed E-state index contributed by atoms with van der Waals surface area (Å²) in [5, 5.41) is 10.00. The fourth-order valence-corrected chi connectivity index (χ4v) is 2.30. The van der Waals surface area contributed by atoms with Crippen LogP contribution in [0.3, 0.4) is 0 Å². The van der Waals surface area contributed by atoms with E-state index in [2.05, 4.69) is 10.3 Å². The predicted octanol–water partition coefficient (Wildman–Crippen LogP) is 0.239. The van der Waals surface area contributed by atoms with Crippen LogP contribution in [0.4, 0.5) is 0 Å². The molecule has 0 radical (unpaired) electrons. The molecular weight excluding hydrogens is 218 g/mol. The molecule has 17 heavy (non-hydrogen) atoms. The zero-order valence-electron chi connectivity index (χ0n) is 11.1. The van der Waals surface area contributed by atoms with Gasteiger partial charge in [-0.25, -0.2) is 5.84 Å². The molecule has 1 atom stereocenters. The fourth-order valence-electron chi connectivity index (χ4n) is 2.30. The van der Waals surface area contributed by atoms with Gasteiger partial charge in [0.25, 0.3) is 0 Å². The zero-order chi connectivity index (χ0) is 13.1. The van der Waals surface area contributed by atoms with E-state index in [-0.39, 0.29) is 5.91 Å². The van der Waals surface area contributed by atoms with Crippen molar-refractivity contribution in [3.63, 3.8) is 0 Å². The van der Waals surface area contributed by atoms with Gasteiger partial charge >= 0.3 is 0 Å². The molecule has 0 aromatic heterocycles. The molecule has 1 rings (SSSR count). The molecule has 0 aromatic rings. The van der Waals surface area contributed by atoms with Crippen LogP contribution in [0.15, 0.2) is 0 Å². The first kappa shape index (κ1) is 14.4. The second kappa shape index (κ2) is 5.33. The third-order valence-corrected chi connectivity index (χ3v) is 3.52. The molecule has 0 spiro atoms. The minimum Gasteiger partial charge on any atom is -0.390 e. The number of nitrogens with zero attached hydrogens (tertiary/aromatic N) is 1. The third kappa shape index (κ3) is 4.26. The summed E-state index contributed by atoms with van der Waals surface area (Å²) in [6.07, 6.45) is 2.55. The van der Waals surface area contributed by atoms with E-state index in [0.29, 0.717) is 6.54 Å². The van der Waals surface area contributed by atoms with Crippen molar-refractivity contribution in [1.82, 2.24) is 10.3 Å². The van der Waals surface area contributed by atoms with Gasteiger partial charge in [0.1, 0.15) is 0 Å². The number of rotatable bonds is 3. The van der Waals surface area contributed by atoms with Crippen molar-refractivity contribution in [2.75, 3.05) is 19.6 Å². The molecule has 0 aliphatic carbocycles. The van der Waals surface area contributed by atoms with E-state index in [1.807, 2.05) is 20.8 Å². The minimum absolute atomic E-state index is 0.145. The van der Waals surface area contributed by atoms with Crippen LogP contribution in [0, 0.1) is 5.41 Å². The third-order valence-electron chi connectivity index (χ3n) is 3.52. The second-order valence-corrected chi connectivity index (χ2v) is 5.98. The summed E-state index contributed by atoms with van der Waals surface area (Å²) in [6, 6.07) is 0. The van der Waals surface area contributed by atoms with Gasteiger partial charge in [-0.2, -0.15) is 0 Å². The van der Waals surface area contributed by atoms with E-state index in [1.165, 1.54) is 0 Å². The predicted molar refractivity (Wildman–Crippen MR) is 67.0 cm³/mol. The van der Waals surface area contributed by atoms with Gasteiger partial charge < -0.3 is 10.0 Å². The first-order valence-corrected chi connectivity index (χ1v) is 6.23. The summed E-state index contributed by atoms with van der Waals surface area (Å²) in [7, 11) is 0. The molecule has 1 amide bonds. The van der Waals surface area contributed by atoms with Crippen molar-refractivity contribution in [2.45, 2.75) is 45.6 Å². The van der Waals surface area contributed by atoms with Crippen LogP contribution in [-0.2, 0) is 4.79 Å². The molecule has 1 saturated heterocycles. The van der Waals surface area contributed by atoms with Crippen LogP contribution in [-0.4, -0.2) is 41.1 Å². The van der Waals surface area contributed by atoms with Gasteiger partial charge in [-0.05, 0) is 46.6 Å². The highest BCUT2D eigenvalue weighted by molar-refractivity contribution is 5.81. The van der Waals surface area contributed by atoms with E-state index in [9.17, 15) is 9.90 Å². The van der Waals surface area contributed by atoms with Gasteiger partial charge in [-0.1, -0.05) is 0 Å². The summed E-state index contributed by atoms with van der Waals surface area (Å²) < 4.78 is 0. The number of amides is 1. The summed E-state index contributed by atoms with van der Waals surface area (Å²) >= 11 is 0. The molecule has 5 nitrogen and oxygen atoms in total. The van der Waals surface area contributed by atoms with Gasteiger partial charge in [0.15, 0.2) is 0 Å². The monoisotopic (exact) mass is 243 g/mol. The minimum atomic E-state index is -0.560. The first-order valence-electron chi connectivity index (χ1n) is 6.23. The highest BCUT2D eigenvalue weighted by Gasteiger charge is 2.32. The molecular formula is C12H25N3O2. The van der Waals surface area contributed by atoms with Crippen molar-refractivity contribution in [3.8, 4) is 0 Å². The number of likely N-dealkylation sites (tertiary alicyclic amines) is 1. The van der Waals surface area contributed by atoms with E-state index in [4.69, 9.17) is 5.84 Å². The summed E-state index contributed by atoms with van der Waals surface area (Å²) in [4.78, 5) is 13.8. The van der Waals surface area contributed by atoms with Gasteiger partial charge in [-0.3, -0.25) is 10.2 Å². The molecule has 1 fully saturated rings. The maximum Gasteiger partial charge on any atom is 0.240 e. The number of aliphatic hydroxyl groups is 1. The number of carbonyl (C=O) groups is 1. The first-order chi connectivity index (χ1) is 7.77. The molecule has 1 aliphatic rings. The topological polar surface area (TPSA) is 78.6 Å². The highest BCUT2D eigenvalue weighted by atomic mass is 16.3. The van der Waals surface area contributed by atoms with Gasteiger partial charge in [0.2, 0.25) is 5.91 Å². The number of hydrogen-bond donors (Lipinski definition) is 3. The summed E-state index contributed by atoms with van der Waals surface area (Å²) in [5.74, 6) is 5.03. The Morgan fingerprint density at radius 1 is 1.47 bits per heavy atom. The van der Waals surface area contributed by atoms with E-state index < -0.39 is 11.0 Å². The van der Waals surface area contributed by atoms with Crippen molar-refractivity contribution in [2.24, 2.45) is 11.3 Å². The molecule has 1 unspecified atom stereocenters. The highest BCUT2D eigenvalue weighted by Crippen LogP contribution is 2.24. The van der Waals surface area contributed by atoms with Crippen LogP contribution in [0.5, 0.6) is 0 Å². The standard InChI is InChI=1S/C12H25N3O2/c1-11(2,10(16)14-13)9-15-7-4-5-12(3,17)6-8-15/h17H,4-9,13H2,1-3H3,(H,14,16). The van der Waals surface area contributed by atoms with Crippen LogP contribution in [0.1, 0.15) is 40.0 Å². The van der Waals surface area contributed by atoms with Crippen LogP contribution in [0.2, 0.25) is 0 Å². The Kier molecular flexibility index (Phi) is 4.52. The van der Waals surface area contributed by atoms with Crippen LogP contribution < -0.4 is 11.3 Å². The zero-order valence-corrected chi connectivity index (χ0v) is 11.1. The van der Waals surface area contributed by atoms with Gasteiger partial charge in [-0.15, -0.1) is 0 Å². The Bertz CT molecular complexity index is 277. The number of hydrogen-bond acceptors (Lipinski definition) is 4. The normalized spacial score (nSPS) is 27.6. The average Bonchev–Trinajstić information content (AvgIpc) is 2.38. The quantitative estimate of drug-likeness (QED) is 0.377. The Hall–Kier alpha value is -0.650.